The number of anilines is 2. The summed E-state index contributed by atoms with van der Waals surface area (Å²) in [4.78, 5) is 35.0. The zero-order chi connectivity index (χ0) is 22.3. The summed E-state index contributed by atoms with van der Waals surface area (Å²) in [5.41, 5.74) is -0.653. The fourth-order valence-corrected chi connectivity index (χ4v) is 4.01. The number of piperidine rings is 1. The van der Waals surface area contributed by atoms with Gasteiger partial charge in [0.2, 0.25) is 5.91 Å². The summed E-state index contributed by atoms with van der Waals surface area (Å²) in [6.45, 7) is 1.93. The number of nitrogens with one attached hydrogen (secondary N) is 3. The second-order valence-electron chi connectivity index (χ2n) is 7.09. The van der Waals surface area contributed by atoms with Crippen LogP contribution >= 0.6 is 11.3 Å². The Hall–Kier alpha value is -2.67. The Morgan fingerprint density at radius 3 is 2.81 bits per heavy atom. The van der Waals surface area contributed by atoms with Crippen LogP contribution in [0.5, 0.6) is 0 Å². The molecule has 0 bridgehead atoms. The number of H-pyrrole nitrogens is 1. The number of rotatable bonds is 9. The maximum absolute atomic E-state index is 12.9. The van der Waals surface area contributed by atoms with E-state index < -0.39 is 23.0 Å². The average Bonchev–Trinajstić information content (AvgIpc) is 3.25. The monoisotopic (exact) mass is 460 g/mol. The first-order valence-corrected chi connectivity index (χ1v) is 10.7. The molecule has 2 aromatic rings. The predicted octanol–water partition coefficient (Wildman–Crippen LogP) is 2.40. The van der Waals surface area contributed by atoms with E-state index in [2.05, 4.69) is 25.8 Å². The number of aromatic amines is 1. The number of nitrogens with zero attached hydrogens (tertiary/aromatic N) is 3. The smallest absolute Gasteiger partial charge is 0.383 e. The van der Waals surface area contributed by atoms with Gasteiger partial charge in [0.1, 0.15) is 5.56 Å². The van der Waals surface area contributed by atoms with Crippen LogP contribution in [-0.2, 0) is 15.8 Å². The van der Waals surface area contributed by atoms with Gasteiger partial charge in [-0.25, -0.2) is 15.6 Å². The van der Waals surface area contributed by atoms with Crippen molar-refractivity contribution in [2.45, 2.75) is 31.9 Å². The number of aromatic nitrogens is 3. The molecule has 170 valence electrons. The van der Waals surface area contributed by atoms with Gasteiger partial charge in [0, 0.05) is 37.6 Å². The molecule has 3 heterocycles. The van der Waals surface area contributed by atoms with E-state index in [1.54, 1.807) is 22.6 Å². The number of hydroxylamine groups is 1. The number of hydrogen-bond acceptors (Lipinski definition) is 8. The normalized spacial score (nSPS) is 15.1. The molecule has 0 aliphatic carbocycles. The van der Waals surface area contributed by atoms with E-state index in [1.165, 1.54) is 0 Å². The molecular formula is C18H23F3N6O3S. The lowest BCUT2D eigenvalue weighted by Crippen LogP contribution is -2.36. The van der Waals surface area contributed by atoms with Crippen LogP contribution in [0.15, 0.2) is 22.6 Å². The van der Waals surface area contributed by atoms with E-state index in [0.29, 0.717) is 12.8 Å². The molecule has 0 saturated carbocycles. The Kier molecular flexibility index (Phi) is 7.85. The van der Waals surface area contributed by atoms with Crippen molar-refractivity contribution >= 4 is 28.1 Å². The number of carbonyl (C=O) groups is 1. The highest BCUT2D eigenvalue weighted by molar-refractivity contribution is 7.13. The van der Waals surface area contributed by atoms with Crippen molar-refractivity contribution in [1.82, 2.24) is 20.7 Å². The maximum Gasteiger partial charge on any atom is 0.423 e. The predicted molar refractivity (Wildman–Crippen MR) is 109 cm³/mol. The molecule has 1 aliphatic rings. The molecule has 0 unspecified atom stereocenters. The average molecular weight is 460 g/mol. The maximum atomic E-state index is 12.9. The van der Waals surface area contributed by atoms with Gasteiger partial charge in [-0.2, -0.15) is 18.3 Å². The molecule has 1 saturated heterocycles. The van der Waals surface area contributed by atoms with Gasteiger partial charge in [-0.15, -0.1) is 11.3 Å². The van der Waals surface area contributed by atoms with E-state index >= 15 is 0 Å². The number of alkyl halides is 3. The summed E-state index contributed by atoms with van der Waals surface area (Å²) in [6, 6.07) is 0. The molecule has 0 aromatic carbocycles. The van der Waals surface area contributed by atoms with Crippen molar-refractivity contribution in [3.63, 3.8) is 0 Å². The minimum absolute atomic E-state index is 0.110. The van der Waals surface area contributed by atoms with Crippen molar-refractivity contribution in [2.75, 3.05) is 36.5 Å². The van der Waals surface area contributed by atoms with Gasteiger partial charge >= 0.3 is 6.18 Å². The molecule has 2 aromatic heterocycles. The van der Waals surface area contributed by atoms with Crippen LogP contribution < -0.4 is 21.3 Å². The molecule has 0 spiro atoms. The summed E-state index contributed by atoms with van der Waals surface area (Å²) in [6.07, 6.45) is 0.351. The van der Waals surface area contributed by atoms with Crippen molar-refractivity contribution < 1.29 is 22.8 Å². The third kappa shape index (κ3) is 6.66. The van der Waals surface area contributed by atoms with E-state index in [1.807, 2.05) is 5.38 Å². The fourth-order valence-electron chi connectivity index (χ4n) is 3.32. The molecule has 1 amide bonds. The van der Waals surface area contributed by atoms with E-state index in [4.69, 9.17) is 4.84 Å². The topological polar surface area (TPSA) is 112 Å². The summed E-state index contributed by atoms with van der Waals surface area (Å²) in [5, 5.41) is 10.6. The summed E-state index contributed by atoms with van der Waals surface area (Å²) < 4.78 is 38.8. The van der Waals surface area contributed by atoms with Crippen LogP contribution in [0.4, 0.5) is 24.0 Å². The lowest BCUT2D eigenvalue weighted by Gasteiger charge is -2.31. The third-order valence-corrected chi connectivity index (χ3v) is 5.67. The van der Waals surface area contributed by atoms with Gasteiger partial charge < -0.3 is 10.2 Å². The van der Waals surface area contributed by atoms with Gasteiger partial charge in [0.25, 0.3) is 5.56 Å². The first-order chi connectivity index (χ1) is 14.8. The van der Waals surface area contributed by atoms with Crippen LogP contribution in [0.3, 0.4) is 0 Å². The number of thiazole rings is 1. The largest absolute Gasteiger partial charge is 0.423 e. The van der Waals surface area contributed by atoms with Crippen LogP contribution in [0.1, 0.15) is 31.2 Å². The highest BCUT2D eigenvalue weighted by atomic mass is 32.1. The van der Waals surface area contributed by atoms with Gasteiger partial charge in [0.05, 0.1) is 18.5 Å². The molecule has 0 radical (unpaired) electrons. The third-order valence-electron chi connectivity index (χ3n) is 4.84. The van der Waals surface area contributed by atoms with Gasteiger partial charge in [-0.05, 0) is 25.2 Å². The van der Waals surface area contributed by atoms with Crippen LogP contribution in [0.25, 0.3) is 0 Å². The van der Waals surface area contributed by atoms with Gasteiger partial charge in [0.15, 0.2) is 5.13 Å². The fraction of sp³-hybridized carbons (Fsp3) is 0.556. The summed E-state index contributed by atoms with van der Waals surface area (Å²) in [5.74, 6) is 0.0461. The Balaban J connectivity index is 1.30. The Morgan fingerprint density at radius 2 is 2.13 bits per heavy atom. The van der Waals surface area contributed by atoms with E-state index in [0.717, 1.165) is 37.3 Å². The molecule has 31 heavy (non-hydrogen) atoms. The van der Waals surface area contributed by atoms with Crippen LogP contribution in [0, 0.1) is 5.92 Å². The SMILES string of the molecule is O=C(CC1CCN(c2nccs2)CC1)NOCCCNc1cn[nH]c(=O)c1C(F)(F)F. The van der Waals surface area contributed by atoms with Crippen LogP contribution in [0.2, 0.25) is 0 Å². The van der Waals surface area contributed by atoms with Crippen LogP contribution in [-0.4, -0.2) is 47.3 Å². The minimum atomic E-state index is -4.79. The zero-order valence-corrected chi connectivity index (χ0v) is 17.4. The molecule has 1 fully saturated rings. The molecule has 1 aliphatic heterocycles. The Bertz CT molecular complexity index is 898. The highest BCUT2D eigenvalue weighted by Gasteiger charge is 2.37. The van der Waals surface area contributed by atoms with E-state index in [9.17, 15) is 22.8 Å². The van der Waals surface area contributed by atoms with Crippen molar-refractivity contribution in [2.24, 2.45) is 5.92 Å². The van der Waals surface area contributed by atoms with Crippen molar-refractivity contribution in [3.8, 4) is 0 Å². The summed E-state index contributed by atoms with van der Waals surface area (Å²) >= 11 is 1.60. The van der Waals surface area contributed by atoms with Gasteiger partial charge in [-0.1, -0.05) is 0 Å². The van der Waals surface area contributed by atoms with Crippen molar-refractivity contribution in [1.29, 1.82) is 0 Å². The van der Waals surface area contributed by atoms with Gasteiger partial charge in [-0.3, -0.25) is 14.4 Å². The first-order valence-electron chi connectivity index (χ1n) is 9.78. The summed E-state index contributed by atoms with van der Waals surface area (Å²) in [7, 11) is 0. The second-order valence-corrected chi connectivity index (χ2v) is 7.96. The Labute approximate surface area is 180 Å². The minimum Gasteiger partial charge on any atom is -0.383 e. The molecule has 3 rings (SSSR count). The zero-order valence-electron chi connectivity index (χ0n) is 16.6. The quantitative estimate of drug-likeness (QED) is 0.389. The number of amides is 1. The standard InChI is InChI=1S/C18H23F3N6O3S/c19-18(20,21)15-13(11-24-25-16(15)29)22-4-1-8-30-26-14(28)10-12-2-6-27(7-3-12)17-23-5-9-31-17/h5,9,11-12H,1-4,6-8,10H2,(H,26,28)(H2,22,25,29). The Morgan fingerprint density at radius 1 is 1.35 bits per heavy atom. The number of carbonyl (C=O) groups excluding carboxylic acids is 1. The van der Waals surface area contributed by atoms with Crippen molar-refractivity contribution in [3.05, 3.63) is 33.7 Å². The lowest BCUT2D eigenvalue weighted by atomic mass is 9.93. The molecule has 0 atom stereocenters. The molecule has 9 nitrogen and oxygen atoms in total. The number of halogens is 3. The molecule has 13 heteroatoms. The lowest BCUT2D eigenvalue weighted by molar-refractivity contribution is -0.138. The number of hydrogen-bond donors (Lipinski definition) is 3. The van der Waals surface area contributed by atoms with E-state index in [-0.39, 0.29) is 25.0 Å². The first kappa shape index (κ1) is 23.0. The second kappa shape index (κ2) is 10.6. The highest BCUT2D eigenvalue weighted by Crippen LogP contribution is 2.31. The molecule has 3 N–H and O–H groups in total. The molecular weight excluding hydrogens is 437 g/mol.